The molecule has 1 aromatic heterocycles. The summed E-state index contributed by atoms with van der Waals surface area (Å²) in [5.41, 5.74) is 1.14. The first-order chi connectivity index (χ1) is 13.4. The molecule has 0 aliphatic heterocycles. The third-order valence-electron chi connectivity index (χ3n) is 7.04. The van der Waals surface area contributed by atoms with Gasteiger partial charge in [0.15, 0.2) is 6.61 Å². The van der Waals surface area contributed by atoms with Gasteiger partial charge >= 0.3 is 5.97 Å². The summed E-state index contributed by atoms with van der Waals surface area (Å²) in [7, 11) is 0. The monoisotopic (exact) mass is 418 g/mol. The number of fused-ring (bicyclic) bond motifs is 1. The van der Waals surface area contributed by atoms with E-state index in [1.807, 2.05) is 0 Å². The van der Waals surface area contributed by atoms with Gasteiger partial charge in [-0.1, -0.05) is 0 Å². The van der Waals surface area contributed by atoms with E-state index in [1.165, 1.54) is 22.6 Å². The molecule has 0 saturated heterocycles. The summed E-state index contributed by atoms with van der Waals surface area (Å²) >= 11 is 8.26. The third-order valence-corrected chi connectivity index (χ3v) is 8.69. The Morgan fingerprint density at radius 1 is 1.25 bits per heavy atom. The largest absolute Gasteiger partial charge is 0.455 e. The van der Waals surface area contributed by atoms with Gasteiger partial charge in [0.2, 0.25) is 0 Å². The number of thiophene rings is 1. The molecule has 0 spiro atoms. The SMILES string of the molecule is N#Cc1c(NC(=O)COC(=O)C23C[C@@H]4C[C@@H](CC(Cl)(C4)C2)C3)sc2c1CCC2. The van der Waals surface area contributed by atoms with Crippen molar-refractivity contribution in [3.05, 3.63) is 16.0 Å². The minimum Gasteiger partial charge on any atom is -0.455 e. The number of nitriles is 1. The number of ether oxygens (including phenoxy) is 1. The maximum Gasteiger partial charge on any atom is 0.312 e. The lowest BCUT2D eigenvalue weighted by molar-refractivity contribution is -0.171. The van der Waals surface area contributed by atoms with Gasteiger partial charge in [0.1, 0.15) is 11.1 Å². The van der Waals surface area contributed by atoms with Gasteiger partial charge in [0.05, 0.1) is 11.0 Å². The number of nitrogens with one attached hydrogen (secondary N) is 1. The second-order valence-corrected chi connectivity index (χ2v) is 11.1. The first-order valence-corrected chi connectivity index (χ1v) is 11.3. The van der Waals surface area contributed by atoms with Crippen LogP contribution in [0.25, 0.3) is 0 Å². The van der Waals surface area contributed by atoms with Crippen LogP contribution in [0.4, 0.5) is 5.00 Å². The van der Waals surface area contributed by atoms with Crippen LogP contribution < -0.4 is 5.32 Å². The number of anilines is 1. The number of esters is 1. The van der Waals surface area contributed by atoms with E-state index >= 15 is 0 Å². The lowest BCUT2D eigenvalue weighted by atomic mass is 9.49. The molecule has 4 bridgehead atoms. The molecule has 0 aromatic carbocycles. The molecule has 0 radical (unpaired) electrons. The van der Waals surface area contributed by atoms with Crippen LogP contribution in [0, 0.1) is 28.6 Å². The van der Waals surface area contributed by atoms with Gasteiger partial charge in [0, 0.05) is 9.75 Å². The third kappa shape index (κ3) is 2.95. The molecule has 2 unspecified atom stereocenters. The minimum absolute atomic E-state index is 0.259. The van der Waals surface area contributed by atoms with Gasteiger partial charge in [0.25, 0.3) is 5.91 Å². The van der Waals surface area contributed by atoms with Gasteiger partial charge in [-0.15, -0.1) is 22.9 Å². The van der Waals surface area contributed by atoms with Crippen LogP contribution in [0.1, 0.15) is 60.9 Å². The average molecular weight is 419 g/mol. The summed E-state index contributed by atoms with van der Waals surface area (Å²) in [6.45, 7) is -0.307. The number of halogens is 1. The van der Waals surface area contributed by atoms with Gasteiger partial charge in [-0.3, -0.25) is 9.59 Å². The molecule has 7 heteroatoms. The lowest BCUT2D eigenvalue weighted by Crippen LogP contribution is -2.56. The molecule has 148 valence electrons. The van der Waals surface area contributed by atoms with E-state index in [9.17, 15) is 14.9 Å². The zero-order valence-corrected chi connectivity index (χ0v) is 17.3. The van der Waals surface area contributed by atoms with Crippen molar-refractivity contribution in [2.24, 2.45) is 17.3 Å². The average Bonchev–Trinajstić information content (AvgIpc) is 3.18. The fourth-order valence-electron chi connectivity index (χ4n) is 6.45. The topological polar surface area (TPSA) is 79.2 Å². The molecule has 6 rings (SSSR count). The highest BCUT2D eigenvalue weighted by atomic mass is 35.5. The Morgan fingerprint density at radius 2 is 2.00 bits per heavy atom. The summed E-state index contributed by atoms with van der Waals surface area (Å²) in [5, 5.41) is 12.8. The zero-order chi connectivity index (χ0) is 19.5. The van der Waals surface area contributed by atoms with E-state index in [-0.39, 0.29) is 23.4 Å². The Hall–Kier alpha value is -1.58. The number of aryl methyl sites for hydroxylation is 1. The molecule has 4 saturated carbocycles. The van der Waals surface area contributed by atoms with Crippen molar-refractivity contribution in [3.63, 3.8) is 0 Å². The van der Waals surface area contributed by atoms with E-state index in [2.05, 4.69) is 11.4 Å². The summed E-state index contributed by atoms with van der Waals surface area (Å²) < 4.78 is 5.47. The van der Waals surface area contributed by atoms with Gasteiger partial charge in [-0.05, 0) is 75.2 Å². The predicted octanol–water partition coefficient (Wildman–Crippen LogP) is 4.17. The number of nitrogens with zero attached hydrogens (tertiary/aromatic N) is 1. The van der Waals surface area contributed by atoms with Crippen LogP contribution in [0.3, 0.4) is 0 Å². The Balaban J connectivity index is 1.23. The molecule has 4 atom stereocenters. The Kier molecular flexibility index (Phi) is 4.26. The maximum atomic E-state index is 12.9. The summed E-state index contributed by atoms with van der Waals surface area (Å²) in [6, 6.07) is 2.21. The van der Waals surface area contributed by atoms with E-state index in [4.69, 9.17) is 16.3 Å². The molecule has 5 nitrogen and oxygen atoms in total. The molecule has 5 aliphatic carbocycles. The summed E-state index contributed by atoms with van der Waals surface area (Å²) in [5.74, 6) is 0.365. The molecule has 1 N–H and O–H groups in total. The number of rotatable bonds is 4. The quantitative estimate of drug-likeness (QED) is 0.588. The van der Waals surface area contributed by atoms with Crippen LogP contribution in [0.15, 0.2) is 0 Å². The van der Waals surface area contributed by atoms with Gasteiger partial charge < -0.3 is 10.1 Å². The molecule has 4 fully saturated rings. The molecule has 1 amide bonds. The summed E-state index contributed by atoms with van der Waals surface area (Å²) in [4.78, 5) is 26.2. The first kappa shape index (κ1) is 18.4. The van der Waals surface area contributed by atoms with Crippen LogP contribution in [-0.2, 0) is 27.2 Å². The van der Waals surface area contributed by atoms with Crippen molar-refractivity contribution in [1.82, 2.24) is 0 Å². The highest BCUT2D eigenvalue weighted by molar-refractivity contribution is 7.16. The normalized spacial score (nSPS) is 34.7. The van der Waals surface area contributed by atoms with E-state index < -0.39 is 5.41 Å². The van der Waals surface area contributed by atoms with E-state index in [0.29, 0.717) is 28.8 Å². The van der Waals surface area contributed by atoms with Crippen molar-refractivity contribution < 1.29 is 14.3 Å². The number of carbonyl (C=O) groups excluding carboxylic acids is 2. The highest BCUT2D eigenvalue weighted by Gasteiger charge is 2.60. The highest BCUT2D eigenvalue weighted by Crippen LogP contribution is 2.64. The van der Waals surface area contributed by atoms with Crippen molar-refractivity contribution in [2.75, 3.05) is 11.9 Å². The number of amides is 1. The lowest BCUT2D eigenvalue weighted by Gasteiger charge is -2.58. The van der Waals surface area contributed by atoms with Crippen molar-refractivity contribution in [3.8, 4) is 6.07 Å². The second kappa shape index (κ2) is 6.47. The smallest absolute Gasteiger partial charge is 0.312 e. The predicted molar refractivity (Wildman–Crippen MR) is 106 cm³/mol. The first-order valence-electron chi connectivity index (χ1n) is 10.1. The maximum absolute atomic E-state index is 12.9. The second-order valence-electron chi connectivity index (χ2n) is 9.19. The molecule has 1 heterocycles. The van der Waals surface area contributed by atoms with Gasteiger partial charge in [-0.25, -0.2) is 0 Å². The van der Waals surface area contributed by atoms with E-state index in [0.717, 1.165) is 50.5 Å². The van der Waals surface area contributed by atoms with Crippen molar-refractivity contribution in [1.29, 1.82) is 5.26 Å². The molecular weight excluding hydrogens is 396 g/mol. The minimum atomic E-state index is -0.506. The van der Waals surface area contributed by atoms with Crippen molar-refractivity contribution in [2.45, 2.75) is 62.7 Å². The zero-order valence-electron chi connectivity index (χ0n) is 15.7. The molecular formula is C21H23ClN2O3S. The number of hydrogen-bond donors (Lipinski definition) is 1. The van der Waals surface area contributed by atoms with Gasteiger partial charge in [-0.2, -0.15) is 5.26 Å². The fourth-order valence-corrected chi connectivity index (χ4v) is 8.40. The Morgan fingerprint density at radius 3 is 2.68 bits per heavy atom. The van der Waals surface area contributed by atoms with E-state index in [1.54, 1.807) is 0 Å². The van der Waals surface area contributed by atoms with Crippen LogP contribution >= 0.6 is 22.9 Å². The Labute approximate surface area is 173 Å². The van der Waals surface area contributed by atoms with Crippen LogP contribution in [-0.4, -0.2) is 23.4 Å². The number of carbonyl (C=O) groups is 2. The fraction of sp³-hybridized carbons (Fsp3) is 0.667. The number of hydrogen-bond acceptors (Lipinski definition) is 5. The number of alkyl halides is 1. The molecule has 28 heavy (non-hydrogen) atoms. The summed E-state index contributed by atoms with van der Waals surface area (Å²) in [6.07, 6.45) is 8.45. The molecule has 1 aromatic rings. The standard InChI is InChI=1S/C21H23ClN2O3S/c22-21-7-12-4-13(8-21)6-20(5-12,11-21)19(26)27-10-17(25)24-18-15(9-23)14-2-1-3-16(14)28-18/h12-13H,1-8,10-11H2,(H,24,25)/t12-,13+,20?,21?. The van der Waals surface area contributed by atoms with Crippen molar-refractivity contribution >= 4 is 39.8 Å². The van der Waals surface area contributed by atoms with Crippen LogP contribution in [0.2, 0.25) is 0 Å². The molecule has 5 aliphatic rings. The Bertz CT molecular complexity index is 888. The van der Waals surface area contributed by atoms with Crippen LogP contribution in [0.5, 0.6) is 0 Å².